The molecule has 1 aliphatic carbocycles. The van der Waals surface area contributed by atoms with Gasteiger partial charge in [-0.2, -0.15) is 0 Å². The van der Waals surface area contributed by atoms with Gasteiger partial charge in [0, 0.05) is 11.6 Å². The Morgan fingerprint density at radius 2 is 2.50 bits per heavy atom. The molecule has 1 fully saturated rings. The Hall–Kier alpha value is -0.760. The molecule has 0 saturated heterocycles. The first-order valence-corrected chi connectivity index (χ1v) is 4.59. The molecule has 1 unspecified atom stereocenters. The van der Waals surface area contributed by atoms with Crippen molar-refractivity contribution in [1.29, 1.82) is 0 Å². The molecule has 0 aromatic carbocycles. The summed E-state index contributed by atoms with van der Waals surface area (Å²) in [6.07, 6.45) is 7.66. The summed E-state index contributed by atoms with van der Waals surface area (Å²) in [5, 5.41) is 3.32. The topological polar surface area (TPSA) is 25.2 Å². The SMILES string of the molecule is CNC(CC1CC1)c1ccoc1. The largest absolute Gasteiger partial charge is 0.472 e. The third-order valence-corrected chi connectivity index (χ3v) is 2.56. The molecule has 66 valence electrons. The van der Waals surface area contributed by atoms with Crippen LogP contribution in [0.5, 0.6) is 0 Å². The van der Waals surface area contributed by atoms with Gasteiger partial charge in [0.05, 0.1) is 12.5 Å². The Morgan fingerprint density at radius 1 is 1.67 bits per heavy atom. The van der Waals surface area contributed by atoms with E-state index in [1.54, 1.807) is 6.26 Å². The first-order valence-electron chi connectivity index (χ1n) is 4.59. The van der Waals surface area contributed by atoms with Crippen LogP contribution in [0.4, 0.5) is 0 Å². The van der Waals surface area contributed by atoms with Crippen LogP contribution >= 0.6 is 0 Å². The number of hydrogen-bond acceptors (Lipinski definition) is 2. The van der Waals surface area contributed by atoms with E-state index < -0.39 is 0 Å². The fourth-order valence-corrected chi connectivity index (χ4v) is 1.58. The molecule has 1 saturated carbocycles. The minimum absolute atomic E-state index is 0.497. The van der Waals surface area contributed by atoms with Gasteiger partial charge in [0.25, 0.3) is 0 Å². The molecule has 1 heterocycles. The highest BCUT2D eigenvalue weighted by Gasteiger charge is 2.25. The van der Waals surface area contributed by atoms with Crippen LogP contribution in [0.25, 0.3) is 0 Å². The van der Waals surface area contributed by atoms with Gasteiger partial charge in [0.1, 0.15) is 0 Å². The van der Waals surface area contributed by atoms with E-state index in [0.717, 1.165) is 5.92 Å². The van der Waals surface area contributed by atoms with Crippen molar-refractivity contribution in [3.05, 3.63) is 24.2 Å². The molecule has 0 radical (unpaired) electrons. The van der Waals surface area contributed by atoms with Crippen molar-refractivity contribution in [3.8, 4) is 0 Å². The number of nitrogens with one attached hydrogen (secondary N) is 1. The van der Waals surface area contributed by atoms with Crippen LogP contribution in [0.1, 0.15) is 30.9 Å². The smallest absolute Gasteiger partial charge is 0.0950 e. The van der Waals surface area contributed by atoms with Gasteiger partial charge in [-0.3, -0.25) is 0 Å². The Morgan fingerprint density at radius 3 is 3.00 bits per heavy atom. The van der Waals surface area contributed by atoms with E-state index in [2.05, 4.69) is 5.32 Å². The summed E-state index contributed by atoms with van der Waals surface area (Å²) in [7, 11) is 2.01. The van der Waals surface area contributed by atoms with Gasteiger partial charge < -0.3 is 9.73 Å². The average molecular weight is 165 g/mol. The van der Waals surface area contributed by atoms with E-state index in [9.17, 15) is 0 Å². The monoisotopic (exact) mass is 165 g/mol. The average Bonchev–Trinajstić information content (AvgIpc) is 2.74. The lowest BCUT2D eigenvalue weighted by molar-refractivity contribution is 0.500. The molecular formula is C10H15NO. The van der Waals surface area contributed by atoms with Crippen LogP contribution in [0.3, 0.4) is 0 Å². The molecule has 1 N–H and O–H groups in total. The molecule has 0 bridgehead atoms. The van der Waals surface area contributed by atoms with Crippen LogP contribution in [0, 0.1) is 5.92 Å². The lowest BCUT2D eigenvalue weighted by Crippen LogP contribution is -2.16. The van der Waals surface area contributed by atoms with Gasteiger partial charge in [-0.05, 0) is 25.5 Å². The summed E-state index contributed by atoms with van der Waals surface area (Å²) in [5.74, 6) is 0.956. The van der Waals surface area contributed by atoms with E-state index >= 15 is 0 Å². The van der Waals surface area contributed by atoms with Crippen LogP contribution < -0.4 is 5.32 Å². The minimum Gasteiger partial charge on any atom is -0.472 e. The summed E-state index contributed by atoms with van der Waals surface area (Å²) in [5.41, 5.74) is 1.28. The van der Waals surface area contributed by atoms with Crippen molar-refractivity contribution in [1.82, 2.24) is 5.32 Å². The first kappa shape index (κ1) is 7.87. The van der Waals surface area contributed by atoms with E-state index in [4.69, 9.17) is 4.42 Å². The van der Waals surface area contributed by atoms with Gasteiger partial charge in [-0.15, -0.1) is 0 Å². The molecule has 1 atom stereocenters. The lowest BCUT2D eigenvalue weighted by Gasteiger charge is -2.12. The molecule has 2 heteroatoms. The predicted molar refractivity (Wildman–Crippen MR) is 47.8 cm³/mol. The highest BCUT2D eigenvalue weighted by Crippen LogP contribution is 2.37. The van der Waals surface area contributed by atoms with Gasteiger partial charge in [0.2, 0.25) is 0 Å². The quantitative estimate of drug-likeness (QED) is 0.740. The first-order chi connectivity index (χ1) is 5.90. The van der Waals surface area contributed by atoms with Crippen LogP contribution in [0.2, 0.25) is 0 Å². The van der Waals surface area contributed by atoms with Crippen molar-refractivity contribution in [2.45, 2.75) is 25.3 Å². The lowest BCUT2D eigenvalue weighted by atomic mass is 10.0. The number of hydrogen-bond donors (Lipinski definition) is 1. The number of furan rings is 1. The molecule has 12 heavy (non-hydrogen) atoms. The zero-order chi connectivity index (χ0) is 8.39. The summed E-state index contributed by atoms with van der Waals surface area (Å²) in [6, 6.07) is 2.54. The fourth-order valence-electron chi connectivity index (χ4n) is 1.58. The Labute approximate surface area is 73.0 Å². The van der Waals surface area contributed by atoms with E-state index in [-0.39, 0.29) is 0 Å². The molecule has 2 rings (SSSR count). The minimum atomic E-state index is 0.497. The molecule has 1 aromatic rings. The molecule has 1 aliphatic rings. The Balaban J connectivity index is 1.97. The third kappa shape index (κ3) is 1.69. The van der Waals surface area contributed by atoms with Crippen LogP contribution in [0.15, 0.2) is 23.0 Å². The van der Waals surface area contributed by atoms with Crippen molar-refractivity contribution in [2.75, 3.05) is 7.05 Å². The van der Waals surface area contributed by atoms with E-state index in [1.165, 1.54) is 24.8 Å². The normalized spacial score (nSPS) is 19.4. The Kier molecular flexibility index (Phi) is 2.17. The van der Waals surface area contributed by atoms with Gasteiger partial charge in [-0.1, -0.05) is 12.8 Å². The zero-order valence-corrected chi connectivity index (χ0v) is 7.42. The van der Waals surface area contributed by atoms with Gasteiger partial charge in [-0.25, -0.2) is 0 Å². The van der Waals surface area contributed by atoms with E-state index in [0.29, 0.717) is 6.04 Å². The summed E-state index contributed by atoms with van der Waals surface area (Å²) >= 11 is 0. The Bertz CT molecular complexity index is 226. The third-order valence-electron chi connectivity index (χ3n) is 2.56. The standard InChI is InChI=1S/C10H15NO/c1-11-10(6-8-2-3-8)9-4-5-12-7-9/h4-5,7-8,10-11H,2-3,6H2,1H3. The highest BCUT2D eigenvalue weighted by molar-refractivity contribution is 5.11. The van der Waals surface area contributed by atoms with Crippen molar-refractivity contribution >= 4 is 0 Å². The maximum atomic E-state index is 5.06. The van der Waals surface area contributed by atoms with Crippen LogP contribution in [-0.2, 0) is 0 Å². The van der Waals surface area contributed by atoms with Crippen molar-refractivity contribution in [2.24, 2.45) is 5.92 Å². The van der Waals surface area contributed by atoms with Crippen molar-refractivity contribution < 1.29 is 4.42 Å². The fraction of sp³-hybridized carbons (Fsp3) is 0.600. The second-order valence-electron chi connectivity index (χ2n) is 3.58. The summed E-state index contributed by atoms with van der Waals surface area (Å²) < 4.78 is 5.06. The molecule has 0 spiro atoms. The number of rotatable bonds is 4. The second kappa shape index (κ2) is 3.31. The zero-order valence-electron chi connectivity index (χ0n) is 7.42. The van der Waals surface area contributed by atoms with E-state index in [1.807, 2.05) is 19.4 Å². The second-order valence-corrected chi connectivity index (χ2v) is 3.58. The predicted octanol–water partition coefficient (Wildman–Crippen LogP) is 2.34. The van der Waals surface area contributed by atoms with Crippen molar-refractivity contribution in [3.63, 3.8) is 0 Å². The maximum Gasteiger partial charge on any atom is 0.0950 e. The molecule has 1 aromatic heterocycles. The summed E-state index contributed by atoms with van der Waals surface area (Å²) in [6.45, 7) is 0. The van der Waals surface area contributed by atoms with Gasteiger partial charge in [0.15, 0.2) is 0 Å². The molecular weight excluding hydrogens is 150 g/mol. The van der Waals surface area contributed by atoms with Gasteiger partial charge >= 0.3 is 0 Å². The maximum absolute atomic E-state index is 5.06. The van der Waals surface area contributed by atoms with Crippen LogP contribution in [-0.4, -0.2) is 7.05 Å². The summed E-state index contributed by atoms with van der Waals surface area (Å²) in [4.78, 5) is 0. The molecule has 0 amide bonds. The molecule has 0 aliphatic heterocycles. The molecule has 2 nitrogen and oxygen atoms in total. The highest BCUT2D eigenvalue weighted by atomic mass is 16.3.